The average molecular weight is 383 g/mol. The Hall–Kier alpha value is -2.66. The predicted octanol–water partition coefficient (Wildman–Crippen LogP) is 3.32. The fourth-order valence-corrected chi connectivity index (χ4v) is 2.65. The summed E-state index contributed by atoms with van der Waals surface area (Å²) >= 11 is 0. The highest BCUT2D eigenvalue weighted by atomic mass is 16.5. The van der Waals surface area contributed by atoms with Crippen LogP contribution in [0.2, 0.25) is 0 Å². The van der Waals surface area contributed by atoms with Gasteiger partial charge in [0.15, 0.2) is 0 Å². The van der Waals surface area contributed by atoms with Crippen LogP contribution in [0.3, 0.4) is 0 Å². The molecule has 0 bridgehead atoms. The van der Waals surface area contributed by atoms with Crippen LogP contribution in [0.5, 0.6) is 0 Å². The topological polar surface area (TPSA) is 64.6 Å². The largest absolute Gasteiger partial charge is 0.464 e. The van der Waals surface area contributed by atoms with Crippen molar-refractivity contribution >= 4 is 11.9 Å². The Labute approximate surface area is 167 Å². The van der Waals surface area contributed by atoms with E-state index in [0.717, 1.165) is 12.0 Å². The summed E-state index contributed by atoms with van der Waals surface area (Å²) in [6, 6.07) is 19.9. The van der Waals surface area contributed by atoms with Crippen molar-refractivity contribution in [1.29, 1.82) is 0 Å². The van der Waals surface area contributed by atoms with Crippen LogP contribution in [0.15, 0.2) is 60.7 Å². The molecule has 0 atom stereocenters. The maximum atomic E-state index is 12.3. The van der Waals surface area contributed by atoms with Crippen molar-refractivity contribution in [3.05, 3.63) is 71.8 Å². The molecule has 2 rings (SSSR count). The molecule has 0 aliphatic heterocycles. The number of carbonyl (C=O) groups excluding carboxylic acids is 2. The van der Waals surface area contributed by atoms with Gasteiger partial charge in [0.1, 0.15) is 5.54 Å². The Balaban J connectivity index is 1.61. The van der Waals surface area contributed by atoms with Crippen molar-refractivity contribution in [2.24, 2.45) is 0 Å². The van der Waals surface area contributed by atoms with E-state index < -0.39 is 11.5 Å². The number of amides is 1. The fourth-order valence-electron chi connectivity index (χ4n) is 2.65. The van der Waals surface area contributed by atoms with E-state index in [4.69, 9.17) is 9.47 Å². The molecule has 5 nitrogen and oxygen atoms in total. The molecule has 0 spiro atoms. The molecule has 150 valence electrons. The van der Waals surface area contributed by atoms with Gasteiger partial charge in [0, 0.05) is 12.8 Å². The van der Waals surface area contributed by atoms with Crippen LogP contribution in [0, 0.1) is 0 Å². The van der Waals surface area contributed by atoms with Crippen molar-refractivity contribution in [3.63, 3.8) is 0 Å². The predicted molar refractivity (Wildman–Crippen MR) is 109 cm³/mol. The molecule has 0 saturated carbocycles. The van der Waals surface area contributed by atoms with Crippen molar-refractivity contribution in [2.75, 3.05) is 19.8 Å². The normalized spacial score (nSPS) is 11.1. The number of benzene rings is 2. The summed E-state index contributed by atoms with van der Waals surface area (Å²) in [5.41, 5.74) is 1.23. The van der Waals surface area contributed by atoms with E-state index in [0.29, 0.717) is 19.6 Å². The molecule has 0 radical (unpaired) electrons. The Bertz CT molecular complexity index is 729. The van der Waals surface area contributed by atoms with Crippen LogP contribution in [-0.4, -0.2) is 37.2 Å². The monoisotopic (exact) mass is 383 g/mol. The van der Waals surface area contributed by atoms with Gasteiger partial charge in [-0.3, -0.25) is 4.79 Å². The lowest BCUT2D eigenvalue weighted by Gasteiger charge is -2.24. The van der Waals surface area contributed by atoms with Crippen LogP contribution in [0.4, 0.5) is 0 Å². The molecule has 2 aromatic carbocycles. The van der Waals surface area contributed by atoms with Gasteiger partial charge in [-0.1, -0.05) is 60.7 Å². The third-order valence-corrected chi connectivity index (χ3v) is 4.28. The summed E-state index contributed by atoms with van der Waals surface area (Å²) in [5, 5.41) is 2.72. The number of esters is 1. The van der Waals surface area contributed by atoms with Gasteiger partial charge in [-0.15, -0.1) is 0 Å². The minimum Gasteiger partial charge on any atom is -0.464 e. The standard InChI is InChI=1S/C23H29NO4/c1-23(2,22(26)28-18-14-20-11-7-4-8-12-20)24-21(25)15-17-27-16-13-19-9-5-3-6-10-19/h3-12H,13-18H2,1-2H3,(H,24,25). The van der Waals surface area contributed by atoms with Gasteiger partial charge >= 0.3 is 5.97 Å². The number of rotatable bonds is 11. The van der Waals surface area contributed by atoms with Gasteiger partial charge in [0.25, 0.3) is 0 Å². The summed E-state index contributed by atoms with van der Waals surface area (Å²) in [6.45, 7) is 4.45. The zero-order chi connectivity index (χ0) is 20.2. The zero-order valence-corrected chi connectivity index (χ0v) is 16.6. The van der Waals surface area contributed by atoms with Crippen molar-refractivity contribution in [2.45, 2.75) is 38.6 Å². The van der Waals surface area contributed by atoms with Crippen LogP contribution in [0.25, 0.3) is 0 Å². The molecule has 2 aromatic rings. The smallest absolute Gasteiger partial charge is 0.331 e. The van der Waals surface area contributed by atoms with Crippen LogP contribution < -0.4 is 5.32 Å². The van der Waals surface area contributed by atoms with E-state index in [-0.39, 0.29) is 18.9 Å². The SMILES string of the molecule is CC(C)(NC(=O)CCOCCc1ccccc1)C(=O)OCCc1ccccc1. The Morgan fingerprint density at radius 3 is 1.93 bits per heavy atom. The van der Waals surface area contributed by atoms with Gasteiger partial charge in [-0.2, -0.15) is 0 Å². The molecule has 0 aromatic heterocycles. The Morgan fingerprint density at radius 2 is 1.36 bits per heavy atom. The summed E-state index contributed by atoms with van der Waals surface area (Å²) in [4.78, 5) is 24.3. The van der Waals surface area contributed by atoms with Gasteiger partial charge in [-0.05, 0) is 31.4 Å². The molecular weight excluding hydrogens is 354 g/mol. The van der Waals surface area contributed by atoms with Crippen molar-refractivity contribution in [1.82, 2.24) is 5.32 Å². The van der Waals surface area contributed by atoms with Gasteiger partial charge in [0.05, 0.1) is 19.8 Å². The van der Waals surface area contributed by atoms with Crippen LogP contribution in [-0.2, 0) is 31.9 Å². The maximum absolute atomic E-state index is 12.3. The summed E-state index contributed by atoms with van der Waals surface area (Å²) in [7, 11) is 0. The highest BCUT2D eigenvalue weighted by Crippen LogP contribution is 2.08. The first-order valence-electron chi connectivity index (χ1n) is 9.61. The zero-order valence-electron chi connectivity index (χ0n) is 16.6. The quantitative estimate of drug-likeness (QED) is 0.478. The second kappa shape index (κ2) is 11.2. The third-order valence-electron chi connectivity index (χ3n) is 4.28. The first-order chi connectivity index (χ1) is 13.5. The van der Waals surface area contributed by atoms with Crippen LogP contribution >= 0.6 is 0 Å². The lowest BCUT2D eigenvalue weighted by atomic mass is 10.1. The van der Waals surface area contributed by atoms with E-state index in [2.05, 4.69) is 5.32 Å². The van der Waals surface area contributed by atoms with E-state index in [1.54, 1.807) is 13.8 Å². The fraction of sp³-hybridized carbons (Fsp3) is 0.391. The second-order valence-corrected chi connectivity index (χ2v) is 7.14. The lowest BCUT2D eigenvalue weighted by Crippen LogP contribution is -2.50. The molecule has 0 saturated heterocycles. The molecule has 0 unspecified atom stereocenters. The molecule has 0 fully saturated rings. The molecule has 0 aliphatic rings. The van der Waals surface area contributed by atoms with E-state index in [1.165, 1.54) is 5.56 Å². The Kier molecular flexibility index (Phi) is 8.69. The summed E-state index contributed by atoms with van der Waals surface area (Å²) in [6.07, 6.45) is 1.66. The average Bonchev–Trinajstić information content (AvgIpc) is 2.69. The minimum absolute atomic E-state index is 0.204. The molecule has 1 amide bonds. The molecule has 28 heavy (non-hydrogen) atoms. The minimum atomic E-state index is -1.07. The first-order valence-corrected chi connectivity index (χ1v) is 9.61. The van der Waals surface area contributed by atoms with Crippen LogP contribution in [0.1, 0.15) is 31.4 Å². The number of hydrogen-bond donors (Lipinski definition) is 1. The molecular formula is C23H29NO4. The third kappa shape index (κ3) is 7.92. The number of nitrogens with one attached hydrogen (secondary N) is 1. The van der Waals surface area contributed by atoms with Crippen molar-refractivity contribution < 1.29 is 19.1 Å². The summed E-state index contributed by atoms with van der Waals surface area (Å²) in [5.74, 6) is -0.675. The molecule has 1 N–H and O–H groups in total. The van der Waals surface area contributed by atoms with Gasteiger partial charge in [-0.25, -0.2) is 4.79 Å². The van der Waals surface area contributed by atoms with Crippen molar-refractivity contribution in [3.8, 4) is 0 Å². The summed E-state index contributed by atoms with van der Waals surface area (Å²) < 4.78 is 10.8. The number of ether oxygens (including phenoxy) is 2. The molecule has 0 heterocycles. The lowest BCUT2D eigenvalue weighted by molar-refractivity contribution is -0.152. The highest BCUT2D eigenvalue weighted by molar-refractivity contribution is 5.87. The van der Waals surface area contributed by atoms with E-state index in [1.807, 2.05) is 60.7 Å². The highest BCUT2D eigenvalue weighted by Gasteiger charge is 2.30. The van der Waals surface area contributed by atoms with E-state index in [9.17, 15) is 9.59 Å². The van der Waals surface area contributed by atoms with Gasteiger partial charge < -0.3 is 14.8 Å². The first kappa shape index (κ1) is 21.6. The Morgan fingerprint density at radius 1 is 0.821 bits per heavy atom. The number of hydrogen-bond acceptors (Lipinski definition) is 4. The van der Waals surface area contributed by atoms with E-state index >= 15 is 0 Å². The number of carbonyl (C=O) groups is 2. The maximum Gasteiger partial charge on any atom is 0.331 e. The molecule has 0 aliphatic carbocycles. The van der Waals surface area contributed by atoms with Gasteiger partial charge in [0.2, 0.25) is 5.91 Å². The second-order valence-electron chi connectivity index (χ2n) is 7.14. The molecule has 5 heteroatoms.